The van der Waals surface area contributed by atoms with Crippen LogP contribution in [0.1, 0.15) is 13.3 Å². The molecule has 102 valence electrons. The van der Waals surface area contributed by atoms with Crippen LogP contribution >= 0.6 is 0 Å². The third-order valence-corrected chi connectivity index (χ3v) is 4.14. The van der Waals surface area contributed by atoms with Crippen molar-refractivity contribution in [3.63, 3.8) is 0 Å². The van der Waals surface area contributed by atoms with Crippen LogP contribution < -0.4 is 10.5 Å². The van der Waals surface area contributed by atoms with Gasteiger partial charge in [0.2, 0.25) is 0 Å². The molecule has 0 fully saturated rings. The summed E-state index contributed by atoms with van der Waals surface area (Å²) in [6, 6.07) is 1.67. The number of anilines is 1. The second-order valence-electron chi connectivity index (χ2n) is 3.74. The third kappa shape index (κ3) is 4.14. The molecule has 0 atom stereocenters. The summed E-state index contributed by atoms with van der Waals surface area (Å²) in [5, 5.41) is 0. The fourth-order valence-corrected chi connectivity index (χ4v) is 2.11. The normalized spacial score (nSPS) is 11.5. The van der Waals surface area contributed by atoms with Crippen LogP contribution in [0.5, 0.6) is 5.75 Å². The van der Waals surface area contributed by atoms with Gasteiger partial charge in [0, 0.05) is 17.9 Å². The highest BCUT2D eigenvalue weighted by atomic mass is 32.2. The van der Waals surface area contributed by atoms with Crippen LogP contribution in [0.25, 0.3) is 0 Å². The van der Waals surface area contributed by atoms with Crippen LogP contribution in [0.2, 0.25) is 0 Å². The average molecular weight is 279 g/mol. The molecule has 0 heterocycles. The highest BCUT2D eigenvalue weighted by molar-refractivity contribution is 7.91. The predicted molar refractivity (Wildman–Crippen MR) is 65.2 cm³/mol. The van der Waals surface area contributed by atoms with E-state index in [0.29, 0.717) is 0 Å². The summed E-state index contributed by atoms with van der Waals surface area (Å²) in [5.74, 6) is -1.80. The fourth-order valence-electron chi connectivity index (χ4n) is 1.26. The lowest BCUT2D eigenvalue weighted by Gasteiger charge is -2.08. The van der Waals surface area contributed by atoms with E-state index < -0.39 is 21.5 Å². The van der Waals surface area contributed by atoms with Gasteiger partial charge in [-0.2, -0.15) is 0 Å². The molecule has 0 aliphatic heterocycles. The van der Waals surface area contributed by atoms with E-state index in [2.05, 4.69) is 0 Å². The highest BCUT2D eigenvalue weighted by Crippen LogP contribution is 2.22. The first-order valence-corrected chi connectivity index (χ1v) is 7.25. The maximum absolute atomic E-state index is 13.3. The summed E-state index contributed by atoms with van der Waals surface area (Å²) >= 11 is 0. The van der Waals surface area contributed by atoms with E-state index in [9.17, 15) is 17.2 Å². The van der Waals surface area contributed by atoms with E-state index in [1.165, 1.54) is 0 Å². The fraction of sp³-hybridized carbons (Fsp3) is 0.455. The lowest BCUT2D eigenvalue weighted by Crippen LogP contribution is -2.12. The van der Waals surface area contributed by atoms with Crippen LogP contribution in [0, 0.1) is 11.6 Å². The molecule has 0 saturated carbocycles. The van der Waals surface area contributed by atoms with Gasteiger partial charge in [0.15, 0.2) is 11.6 Å². The van der Waals surface area contributed by atoms with Gasteiger partial charge in [-0.25, -0.2) is 17.2 Å². The molecule has 0 aliphatic rings. The summed E-state index contributed by atoms with van der Waals surface area (Å²) in [6.07, 6.45) is 0.224. The predicted octanol–water partition coefficient (Wildman–Crippen LogP) is 1.75. The molecule has 0 radical (unpaired) electrons. The molecular weight excluding hydrogens is 264 g/mol. The maximum Gasteiger partial charge on any atom is 0.167 e. The van der Waals surface area contributed by atoms with Crippen molar-refractivity contribution in [2.45, 2.75) is 13.3 Å². The SMILES string of the molecule is CCS(=O)(=O)CCCOc1cc(F)c(N)cc1F. The zero-order chi connectivity index (χ0) is 13.8. The summed E-state index contributed by atoms with van der Waals surface area (Å²) in [5.41, 5.74) is 4.87. The number of benzene rings is 1. The van der Waals surface area contributed by atoms with Crippen LogP contribution in [0.15, 0.2) is 12.1 Å². The zero-order valence-electron chi connectivity index (χ0n) is 9.95. The summed E-state index contributed by atoms with van der Waals surface area (Å²) < 4.78 is 53.6. The first kappa shape index (κ1) is 14.7. The van der Waals surface area contributed by atoms with Gasteiger partial charge >= 0.3 is 0 Å². The van der Waals surface area contributed by atoms with E-state index in [1.54, 1.807) is 6.92 Å². The van der Waals surface area contributed by atoms with E-state index in [-0.39, 0.29) is 36.0 Å². The largest absolute Gasteiger partial charge is 0.490 e. The standard InChI is InChI=1S/C11H15F2NO3S/c1-2-18(15,16)5-3-4-17-11-7-8(12)10(14)6-9(11)13/h6-7H,2-5,14H2,1H3. The molecule has 0 spiro atoms. The summed E-state index contributed by atoms with van der Waals surface area (Å²) in [7, 11) is -3.07. The maximum atomic E-state index is 13.3. The number of nitrogens with two attached hydrogens (primary N) is 1. The second kappa shape index (κ2) is 5.99. The zero-order valence-corrected chi connectivity index (χ0v) is 10.8. The topological polar surface area (TPSA) is 69.4 Å². The molecule has 18 heavy (non-hydrogen) atoms. The van der Waals surface area contributed by atoms with E-state index in [1.807, 2.05) is 0 Å². The Morgan fingerprint density at radius 2 is 1.94 bits per heavy atom. The Bertz CT molecular complexity index is 517. The minimum Gasteiger partial charge on any atom is -0.490 e. The number of hydrogen-bond donors (Lipinski definition) is 1. The molecule has 4 nitrogen and oxygen atoms in total. The molecule has 1 aromatic rings. The van der Waals surface area contributed by atoms with Crippen molar-refractivity contribution in [1.29, 1.82) is 0 Å². The minimum absolute atomic E-state index is 0.000488. The van der Waals surface area contributed by atoms with Gasteiger partial charge in [-0.3, -0.25) is 0 Å². The molecule has 7 heteroatoms. The number of hydrogen-bond acceptors (Lipinski definition) is 4. The Balaban J connectivity index is 2.52. The van der Waals surface area contributed by atoms with Crippen molar-refractivity contribution in [2.24, 2.45) is 0 Å². The Labute approximate surface area is 105 Å². The number of rotatable bonds is 6. The van der Waals surface area contributed by atoms with Crippen molar-refractivity contribution in [2.75, 3.05) is 23.8 Å². The Morgan fingerprint density at radius 1 is 1.28 bits per heavy atom. The van der Waals surface area contributed by atoms with E-state index in [4.69, 9.17) is 10.5 Å². The molecule has 0 aromatic heterocycles. The van der Waals surface area contributed by atoms with Crippen LogP contribution in [0.3, 0.4) is 0 Å². The first-order chi connectivity index (χ1) is 8.35. The molecule has 1 rings (SSSR count). The quantitative estimate of drug-likeness (QED) is 0.636. The van der Waals surface area contributed by atoms with Crippen molar-refractivity contribution in [1.82, 2.24) is 0 Å². The monoisotopic (exact) mass is 279 g/mol. The van der Waals surface area contributed by atoms with Gasteiger partial charge in [0.25, 0.3) is 0 Å². The summed E-state index contributed by atoms with van der Waals surface area (Å²) in [6.45, 7) is 1.55. The highest BCUT2D eigenvalue weighted by Gasteiger charge is 2.10. The molecule has 0 saturated heterocycles. The first-order valence-electron chi connectivity index (χ1n) is 5.43. The van der Waals surface area contributed by atoms with Crippen molar-refractivity contribution in [3.8, 4) is 5.75 Å². The molecular formula is C11H15F2NO3S. The van der Waals surface area contributed by atoms with Gasteiger partial charge in [-0.05, 0) is 6.42 Å². The van der Waals surface area contributed by atoms with Gasteiger partial charge in [-0.15, -0.1) is 0 Å². The molecule has 0 aliphatic carbocycles. The van der Waals surface area contributed by atoms with Gasteiger partial charge in [0.1, 0.15) is 15.7 Å². The van der Waals surface area contributed by atoms with Crippen LogP contribution in [-0.4, -0.2) is 26.5 Å². The smallest absolute Gasteiger partial charge is 0.167 e. The minimum atomic E-state index is -3.07. The number of sulfone groups is 1. The second-order valence-corrected chi connectivity index (χ2v) is 6.22. The molecule has 1 aromatic carbocycles. The molecule has 0 amide bonds. The lowest BCUT2D eigenvalue weighted by molar-refractivity contribution is 0.300. The van der Waals surface area contributed by atoms with E-state index >= 15 is 0 Å². The Kier molecular flexibility index (Phi) is 4.89. The molecule has 2 N–H and O–H groups in total. The van der Waals surface area contributed by atoms with Crippen LogP contribution in [0.4, 0.5) is 14.5 Å². The van der Waals surface area contributed by atoms with E-state index in [0.717, 1.165) is 12.1 Å². The van der Waals surface area contributed by atoms with Gasteiger partial charge < -0.3 is 10.5 Å². The average Bonchev–Trinajstić information content (AvgIpc) is 2.31. The van der Waals surface area contributed by atoms with Crippen molar-refractivity contribution < 1.29 is 21.9 Å². The third-order valence-electron chi connectivity index (χ3n) is 2.35. The molecule has 0 unspecified atom stereocenters. The molecule has 0 bridgehead atoms. The number of nitrogen functional groups attached to an aromatic ring is 1. The van der Waals surface area contributed by atoms with Crippen LogP contribution in [-0.2, 0) is 9.84 Å². The Morgan fingerprint density at radius 3 is 2.56 bits per heavy atom. The summed E-state index contributed by atoms with van der Waals surface area (Å²) in [4.78, 5) is 0. The van der Waals surface area contributed by atoms with Gasteiger partial charge in [-0.1, -0.05) is 6.92 Å². The lowest BCUT2D eigenvalue weighted by atomic mass is 10.3. The van der Waals surface area contributed by atoms with Crippen molar-refractivity contribution >= 4 is 15.5 Å². The number of ether oxygens (including phenoxy) is 1. The Hall–Kier alpha value is -1.37. The van der Waals surface area contributed by atoms with Gasteiger partial charge in [0.05, 0.1) is 18.0 Å². The van der Waals surface area contributed by atoms with Crippen molar-refractivity contribution in [3.05, 3.63) is 23.8 Å². The number of halogens is 2.